The second kappa shape index (κ2) is 6.42. The van der Waals surface area contributed by atoms with E-state index >= 15 is 0 Å². The van der Waals surface area contributed by atoms with Gasteiger partial charge in [0.05, 0.1) is 12.1 Å². The lowest BCUT2D eigenvalue weighted by molar-refractivity contribution is 0.204. The summed E-state index contributed by atoms with van der Waals surface area (Å²) in [6.07, 6.45) is 1.79. The van der Waals surface area contributed by atoms with Gasteiger partial charge >= 0.3 is 6.03 Å². The summed E-state index contributed by atoms with van der Waals surface area (Å²) >= 11 is 1.58. The molecule has 0 unspecified atom stereocenters. The number of fused-ring (bicyclic) bond motifs is 2. The summed E-state index contributed by atoms with van der Waals surface area (Å²) in [5, 5.41) is 14.5. The largest absolute Gasteiger partial charge is 0.322 e. The first-order valence-electron chi connectivity index (χ1n) is 8.98. The first kappa shape index (κ1) is 16.9. The van der Waals surface area contributed by atoms with Crippen LogP contribution in [-0.4, -0.2) is 31.1 Å². The fraction of sp³-hybridized carbons (Fsp3) is 0.200. The maximum absolute atomic E-state index is 12.5. The average Bonchev–Trinajstić information content (AvgIpc) is 3.26. The number of carbonyl (C=O) groups is 1. The van der Waals surface area contributed by atoms with E-state index in [1.807, 2.05) is 37.4 Å². The predicted molar refractivity (Wildman–Crippen MR) is 109 cm³/mol. The molecule has 0 bridgehead atoms. The Balaban J connectivity index is 1.52. The van der Waals surface area contributed by atoms with Crippen molar-refractivity contribution in [2.45, 2.75) is 26.9 Å². The maximum atomic E-state index is 12.5. The molecule has 2 N–H and O–H groups in total. The molecule has 0 saturated carbocycles. The van der Waals surface area contributed by atoms with Crippen molar-refractivity contribution in [1.29, 1.82) is 0 Å². The molecule has 0 aliphatic carbocycles. The van der Waals surface area contributed by atoms with Gasteiger partial charge in [0.2, 0.25) is 0 Å². The van der Waals surface area contributed by atoms with Crippen LogP contribution in [0.3, 0.4) is 0 Å². The van der Waals surface area contributed by atoms with Gasteiger partial charge in [0.15, 0.2) is 0 Å². The third-order valence-electron chi connectivity index (χ3n) is 4.84. The molecule has 7 nitrogen and oxygen atoms in total. The molecule has 1 aromatic carbocycles. The van der Waals surface area contributed by atoms with E-state index in [4.69, 9.17) is 0 Å². The van der Waals surface area contributed by atoms with Gasteiger partial charge < -0.3 is 10.2 Å². The molecule has 0 radical (unpaired) electrons. The number of amides is 2. The molecular formula is C20H18N6OS. The number of carbonyl (C=O) groups excluding carboxylic acids is 1. The van der Waals surface area contributed by atoms with Gasteiger partial charge in [0.1, 0.15) is 10.7 Å². The van der Waals surface area contributed by atoms with E-state index in [1.54, 1.807) is 22.4 Å². The Morgan fingerprint density at radius 1 is 1.21 bits per heavy atom. The molecule has 28 heavy (non-hydrogen) atoms. The van der Waals surface area contributed by atoms with Crippen molar-refractivity contribution in [3.05, 3.63) is 57.8 Å². The Hall–Kier alpha value is -3.26. The lowest BCUT2D eigenvalue weighted by atomic mass is 10.0. The zero-order valence-corrected chi connectivity index (χ0v) is 16.3. The van der Waals surface area contributed by atoms with E-state index in [0.29, 0.717) is 13.1 Å². The van der Waals surface area contributed by atoms with Gasteiger partial charge in [-0.2, -0.15) is 5.10 Å². The van der Waals surface area contributed by atoms with Crippen molar-refractivity contribution in [3.8, 4) is 11.3 Å². The number of aryl methyl sites for hydroxylation is 2. The number of aromatic amines is 1. The van der Waals surface area contributed by atoms with E-state index in [-0.39, 0.29) is 6.03 Å². The van der Waals surface area contributed by atoms with Gasteiger partial charge in [-0.25, -0.2) is 9.78 Å². The zero-order valence-electron chi connectivity index (χ0n) is 15.5. The molecule has 3 aromatic heterocycles. The molecule has 2 amide bonds. The van der Waals surface area contributed by atoms with Gasteiger partial charge in [0.25, 0.3) is 0 Å². The normalized spacial score (nSPS) is 13.6. The van der Waals surface area contributed by atoms with Crippen LogP contribution in [0.1, 0.15) is 22.0 Å². The third-order valence-corrected chi connectivity index (χ3v) is 5.79. The highest BCUT2D eigenvalue weighted by atomic mass is 32.1. The highest BCUT2D eigenvalue weighted by Crippen LogP contribution is 2.33. The maximum Gasteiger partial charge on any atom is 0.322 e. The number of H-pyrrole nitrogens is 1. The van der Waals surface area contributed by atoms with Crippen LogP contribution < -0.4 is 5.32 Å². The summed E-state index contributed by atoms with van der Waals surface area (Å²) in [6.45, 7) is 4.97. The SMILES string of the molecule is Cc1cc(-c2n[nH]c3cc4c(cc23)CN(Cc2nc(C)cs2)C(=O)N4)ccn1. The quantitative estimate of drug-likeness (QED) is 0.548. The number of nitrogens with zero attached hydrogens (tertiary/aromatic N) is 4. The molecular weight excluding hydrogens is 372 g/mol. The number of thiazole rings is 1. The van der Waals surface area contributed by atoms with Gasteiger partial charge in [-0.3, -0.25) is 10.1 Å². The molecule has 0 atom stereocenters. The number of urea groups is 1. The summed E-state index contributed by atoms with van der Waals surface area (Å²) < 4.78 is 0. The third kappa shape index (κ3) is 2.91. The second-order valence-corrected chi connectivity index (χ2v) is 7.92. The zero-order chi connectivity index (χ0) is 19.3. The number of rotatable bonds is 3. The Morgan fingerprint density at radius 2 is 2.11 bits per heavy atom. The topological polar surface area (TPSA) is 86.8 Å². The fourth-order valence-electron chi connectivity index (χ4n) is 3.51. The number of anilines is 1. The number of pyridine rings is 1. The lowest BCUT2D eigenvalue weighted by Gasteiger charge is -2.28. The van der Waals surface area contributed by atoms with Crippen molar-refractivity contribution >= 4 is 34.0 Å². The van der Waals surface area contributed by atoms with Gasteiger partial charge in [-0.15, -0.1) is 11.3 Å². The standard InChI is InChI=1S/C20H18N6OS/c1-11-5-13(3-4-21-11)19-15-6-14-8-26(9-18-22-12(2)10-28-18)20(27)23-16(14)7-17(15)24-25-19/h3-7,10H,8-9H2,1-2H3,(H,23,27)(H,24,25). The number of benzene rings is 1. The highest BCUT2D eigenvalue weighted by Gasteiger charge is 2.25. The van der Waals surface area contributed by atoms with Crippen molar-refractivity contribution in [2.24, 2.45) is 0 Å². The highest BCUT2D eigenvalue weighted by molar-refractivity contribution is 7.09. The summed E-state index contributed by atoms with van der Waals surface area (Å²) in [5.41, 5.74) is 6.63. The minimum absolute atomic E-state index is 0.107. The van der Waals surface area contributed by atoms with Crippen LogP contribution in [-0.2, 0) is 13.1 Å². The molecule has 140 valence electrons. The Morgan fingerprint density at radius 3 is 2.89 bits per heavy atom. The van der Waals surface area contributed by atoms with Crippen molar-refractivity contribution in [1.82, 2.24) is 25.1 Å². The molecule has 4 heterocycles. The van der Waals surface area contributed by atoms with Crippen LogP contribution in [0.25, 0.3) is 22.2 Å². The minimum atomic E-state index is -0.107. The van der Waals surface area contributed by atoms with Crippen molar-refractivity contribution in [2.75, 3.05) is 5.32 Å². The van der Waals surface area contributed by atoms with Crippen LogP contribution in [0.15, 0.2) is 35.8 Å². The van der Waals surface area contributed by atoms with Gasteiger partial charge in [-0.1, -0.05) is 0 Å². The molecule has 4 aromatic rings. The van der Waals surface area contributed by atoms with E-state index in [0.717, 1.165) is 49.8 Å². The monoisotopic (exact) mass is 390 g/mol. The molecule has 0 saturated heterocycles. The van der Waals surface area contributed by atoms with E-state index in [9.17, 15) is 4.79 Å². The minimum Gasteiger partial charge on any atom is -0.313 e. The summed E-state index contributed by atoms with van der Waals surface area (Å²) in [7, 11) is 0. The molecule has 0 fully saturated rings. The first-order valence-corrected chi connectivity index (χ1v) is 9.86. The number of hydrogen-bond donors (Lipinski definition) is 2. The Kier molecular flexibility index (Phi) is 3.87. The van der Waals surface area contributed by atoms with E-state index in [2.05, 4.69) is 31.5 Å². The van der Waals surface area contributed by atoms with Crippen LogP contribution in [0.5, 0.6) is 0 Å². The predicted octanol–water partition coefficient (Wildman–Crippen LogP) is 4.25. The van der Waals surface area contributed by atoms with Crippen LogP contribution in [0, 0.1) is 13.8 Å². The second-order valence-electron chi connectivity index (χ2n) is 6.98. The molecule has 0 spiro atoms. The Bertz CT molecular complexity index is 1210. The van der Waals surface area contributed by atoms with Crippen LogP contribution >= 0.6 is 11.3 Å². The van der Waals surface area contributed by atoms with Gasteiger partial charge in [0, 0.05) is 46.1 Å². The average molecular weight is 390 g/mol. The summed E-state index contributed by atoms with van der Waals surface area (Å²) in [4.78, 5) is 23.0. The van der Waals surface area contributed by atoms with E-state index < -0.39 is 0 Å². The van der Waals surface area contributed by atoms with Crippen LogP contribution in [0.4, 0.5) is 10.5 Å². The Labute approximate surface area is 165 Å². The fourth-order valence-corrected chi connectivity index (χ4v) is 4.29. The first-order chi connectivity index (χ1) is 13.6. The van der Waals surface area contributed by atoms with E-state index in [1.165, 1.54) is 0 Å². The summed E-state index contributed by atoms with van der Waals surface area (Å²) in [5.74, 6) is 0. The van der Waals surface area contributed by atoms with Crippen molar-refractivity contribution in [3.63, 3.8) is 0 Å². The number of nitrogens with one attached hydrogen (secondary N) is 2. The molecule has 1 aliphatic rings. The lowest BCUT2D eigenvalue weighted by Crippen LogP contribution is -2.38. The molecule has 1 aliphatic heterocycles. The van der Waals surface area contributed by atoms with Gasteiger partial charge in [-0.05, 0) is 43.7 Å². The smallest absolute Gasteiger partial charge is 0.313 e. The summed E-state index contributed by atoms with van der Waals surface area (Å²) in [6, 6.07) is 7.94. The van der Waals surface area contributed by atoms with Crippen LogP contribution in [0.2, 0.25) is 0 Å². The molecule has 8 heteroatoms. The number of aromatic nitrogens is 4. The van der Waals surface area contributed by atoms with Crippen molar-refractivity contribution < 1.29 is 4.79 Å². The number of hydrogen-bond acceptors (Lipinski definition) is 5. The molecule has 5 rings (SSSR count).